The van der Waals surface area contributed by atoms with Gasteiger partial charge in [-0.15, -0.1) is 0 Å². The molecule has 0 spiro atoms. The van der Waals surface area contributed by atoms with Crippen LogP contribution in [0.5, 0.6) is 0 Å². The molecule has 128 valence electrons. The van der Waals surface area contributed by atoms with E-state index in [0.29, 0.717) is 11.8 Å². The molecule has 5 nitrogen and oxygen atoms in total. The van der Waals surface area contributed by atoms with E-state index in [9.17, 15) is 4.79 Å². The Kier molecular flexibility index (Phi) is 5.36. The van der Waals surface area contributed by atoms with E-state index in [0.717, 1.165) is 56.5 Å². The lowest BCUT2D eigenvalue weighted by Gasteiger charge is -2.35. The largest absolute Gasteiger partial charge is 0.360 e. The lowest BCUT2D eigenvalue weighted by molar-refractivity contribution is -0.134. The molecule has 2 aliphatic rings. The number of rotatable bonds is 4. The minimum Gasteiger partial charge on any atom is -0.360 e. The average Bonchev–Trinajstić information content (AvgIpc) is 2.93. The van der Waals surface area contributed by atoms with E-state index in [4.69, 9.17) is 4.52 Å². The highest BCUT2D eigenvalue weighted by Gasteiger charge is 2.26. The van der Waals surface area contributed by atoms with Gasteiger partial charge in [-0.3, -0.25) is 9.69 Å². The molecular formula is C18H29N3O2. The third kappa shape index (κ3) is 4.56. The molecule has 1 saturated heterocycles. The summed E-state index contributed by atoms with van der Waals surface area (Å²) >= 11 is 0. The van der Waals surface area contributed by atoms with Crippen molar-refractivity contribution in [2.75, 3.05) is 26.2 Å². The van der Waals surface area contributed by atoms with Gasteiger partial charge >= 0.3 is 0 Å². The van der Waals surface area contributed by atoms with E-state index in [1.165, 1.54) is 25.7 Å². The molecule has 3 rings (SSSR count). The molecule has 1 aliphatic heterocycles. The van der Waals surface area contributed by atoms with Crippen molar-refractivity contribution in [1.29, 1.82) is 0 Å². The monoisotopic (exact) mass is 319 g/mol. The standard InChI is InChI=1S/C18H29N3O2/c1-14-4-3-5-16(10-14)12-18(22)21-8-6-20(7-9-21)13-17-11-15(2)19-23-17/h11,14,16H,3-10,12-13H2,1-2H3/t14-,16+/m1/s1. The van der Waals surface area contributed by atoms with Crippen LogP contribution in [0.1, 0.15) is 50.5 Å². The number of hydrogen-bond donors (Lipinski definition) is 0. The van der Waals surface area contributed by atoms with E-state index >= 15 is 0 Å². The number of nitrogens with zero attached hydrogens (tertiary/aromatic N) is 3. The maximum Gasteiger partial charge on any atom is 0.222 e. The summed E-state index contributed by atoms with van der Waals surface area (Å²) < 4.78 is 5.28. The molecule has 23 heavy (non-hydrogen) atoms. The summed E-state index contributed by atoms with van der Waals surface area (Å²) in [6.45, 7) is 8.58. The third-order valence-electron chi connectivity index (χ3n) is 5.29. The molecule has 1 saturated carbocycles. The van der Waals surface area contributed by atoms with Crippen LogP contribution in [0, 0.1) is 18.8 Å². The van der Waals surface area contributed by atoms with Gasteiger partial charge < -0.3 is 9.42 Å². The van der Waals surface area contributed by atoms with Crippen LogP contribution < -0.4 is 0 Å². The normalized spacial score (nSPS) is 26.4. The molecule has 2 fully saturated rings. The van der Waals surface area contributed by atoms with E-state index in [2.05, 4.69) is 21.9 Å². The predicted molar refractivity (Wildman–Crippen MR) is 88.8 cm³/mol. The fourth-order valence-corrected chi connectivity index (χ4v) is 3.99. The van der Waals surface area contributed by atoms with Gasteiger partial charge in [0.25, 0.3) is 0 Å². The third-order valence-corrected chi connectivity index (χ3v) is 5.29. The Labute approximate surface area is 139 Å². The zero-order valence-corrected chi connectivity index (χ0v) is 14.5. The summed E-state index contributed by atoms with van der Waals surface area (Å²) in [5, 5.41) is 3.93. The van der Waals surface area contributed by atoms with Crippen molar-refractivity contribution in [1.82, 2.24) is 15.0 Å². The maximum atomic E-state index is 12.5. The zero-order valence-electron chi connectivity index (χ0n) is 14.5. The Morgan fingerprint density at radius 2 is 2.09 bits per heavy atom. The Hall–Kier alpha value is -1.36. The van der Waals surface area contributed by atoms with Crippen LogP contribution in [0.25, 0.3) is 0 Å². The summed E-state index contributed by atoms with van der Waals surface area (Å²) in [6.07, 6.45) is 5.86. The van der Waals surface area contributed by atoms with Gasteiger partial charge in [0.05, 0.1) is 12.2 Å². The van der Waals surface area contributed by atoms with Gasteiger partial charge in [0.2, 0.25) is 5.91 Å². The number of piperazine rings is 1. The van der Waals surface area contributed by atoms with Gasteiger partial charge in [-0.2, -0.15) is 0 Å². The van der Waals surface area contributed by atoms with Crippen LogP contribution in [-0.2, 0) is 11.3 Å². The first-order chi connectivity index (χ1) is 11.1. The summed E-state index contributed by atoms with van der Waals surface area (Å²) in [5.41, 5.74) is 0.926. The van der Waals surface area contributed by atoms with Crippen LogP contribution in [0.3, 0.4) is 0 Å². The summed E-state index contributed by atoms with van der Waals surface area (Å²) in [7, 11) is 0. The number of hydrogen-bond acceptors (Lipinski definition) is 4. The lowest BCUT2D eigenvalue weighted by atomic mass is 9.80. The van der Waals surface area contributed by atoms with E-state index in [-0.39, 0.29) is 0 Å². The molecule has 1 amide bonds. The van der Waals surface area contributed by atoms with Gasteiger partial charge in [-0.1, -0.05) is 24.9 Å². The van der Waals surface area contributed by atoms with Crippen molar-refractivity contribution in [3.63, 3.8) is 0 Å². The van der Waals surface area contributed by atoms with Crippen LogP contribution >= 0.6 is 0 Å². The van der Waals surface area contributed by atoms with Gasteiger partial charge in [-0.25, -0.2) is 0 Å². The number of carbonyl (C=O) groups excluding carboxylic acids is 1. The SMILES string of the molecule is Cc1cc(CN2CCN(C(=O)C[C@H]3CCC[C@@H](C)C3)CC2)on1. The molecular weight excluding hydrogens is 290 g/mol. The molecule has 5 heteroatoms. The summed E-state index contributed by atoms with van der Waals surface area (Å²) in [5.74, 6) is 2.68. The van der Waals surface area contributed by atoms with Crippen molar-refractivity contribution in [2.45, 2.75) is 52.5 Å². The molecule has 1 aliphatic carbocycles. The van der Waals surface area contributed by atoms with Crippen LogP contribution in [-0.4, -0.2) is 47.0 Å². The van der Waals surface area contributed by atoms with Crippen LogP contribution in [0.4, 0.5) is 0 Å². The number of aryl methyl sites for hydroxylation is 1. The minimum absolute atomic E-state index is 0.360. The maximum absolute atomic E-state index is 12.5. The van der Waals surface area contributed by atoms with Crippen molar-refractivity contribution in [2.24, 2.45) is 11.8 Å². The minimum atomic E-state index is 0.360. The highest BCUT2D eigenvalue weighted by Crippen LogP contribution is 2.31. The van der Waals surface area contributed by atoms with Gasteiger partial charge in [0, 0.05) is 38.7 Å². The molecule has 0 bridgehead atoms. The highest BCUT2D eigenvalue weighted by atomic mass is 16.5. The zero-order chi connectivity index (χ0) is 16.2. The molecule has 2 heterocycles. The number of aromatic nitrogens is 1. The molecule has 2 atom stereocenters. The first-order valence-corrected chi connectivity index (χ1v) is 9.02. The molecule has 0 unspecified atom stereocenters. The topological polar surface area (TPSA) is 49.6 Å². The first kappa shape index (κ1) is 16.5. The van der Waals surface area contributed by atoms with Crippen molar-refractivity contribution in [3.05, 3.63) is 17.5 Å². The molecule has 0 aromatic carbocycles. The molecule has 0 radical (unpaired) electrons. The highest BCUT2D eigenvalue weighted by molar-refractivity contribution is 5.76. The van der Waals surface area contributed by atoms with Crippen molar-refractivity contribution < 1.29 is 9.32 Å². The van der Waals surface area contributed by atoms with Crippen molar-refractivity contribution >= 4 is 5.91 Å². The summed E-state index contributed by atoms with van der Waals surface area (Å²) in [4.78, 5) is 16.9. The molecule has 1 aromatic heterocycles. The Morgan fingerprint density at radius 1 is 1.30 bits per heavy atom. The molecule has 1 aromatic rings. The Bertz CT molecular complexity index is 520. The fourth-order valence-electron chi connectivity index (χ4n) is 3.99. The summed E-state index contributed by atoms with van der Waals surface area (Å²) in [6, 6.07) is 1.99. The Morgan fingerprint density at radius 3 is 2.74 bits per heavy atom. The average molecular weight is 319 g/mol. The lowest BCUT2D eigenvalue weighted by Crippen LogP contribution is -2.48. The smallest absolute Gasteiger partial charge is 0.222 e. The number of amides is 1. The fraction of sp³-hybridized carbons (Fsp3) is 0.778. The second-order valence-electron chi connectivity index (χ2n) is 7.43. The van der Waals surface area contributed by atoms with Crippen LogP contribution in [0.15, 0.2) is 10.6 Å². The van der Waals surface area contributed by atoms with Gasteiger partial charge in [-0.05, 0) is 31.6 Å². The van der Waals surface area contributed by atoms with Gasteiger partial charge in [0.15, 0.2) is 5.76 Å². The first-order valence-electron chi connectivity index (χ1n) is 9.02. The van der Waals surface area contributed by atoms with Gasteiger partial charge in [0.1, 0.15) is 0 Å². The Balaban J connectivity index is 1.42. The van der Waals surface area contributed by atoms with E-state index in [1.807, 2.05) is 13.0 Å². The quantitative estimate of drug-likeness (QED) is 0.856. The number of carbonyl (C=O) groups is 1. The van der Waals surface area contributed by atoms with Crippen molar-refractivity contribution in [3.8, 4) is 0 Å². The van der Waals surface area contributed by atoms with E-state index < -0.39 is 0 Å². The molecule has 0 N–H and O–H groups in total. The second kappa shape index (κ2) is 7.47. The van der Waals surface area contributed by atoms with Crippen LogP contribution in [0.2, 0.25) is 0 Å². The predicted octanol–water partition coefficient (Wildman–Crippen LogP) is 2.84. The second-order valence-corrected chi connectivity index (χ2v) is 7.43. The van der Waals surface area contributed by atoms with E-state index in [1.54, 1.807) is 0 Å².